The molecule has 0 bridgehead atoms. The number of nitrogens with one attached hydrogen (secondary N) is 1. The van der Waals surface area contributed by atoms with Crippen LogP contribution >= 0.6 is 0 Å². The minimum absolute atomic E-state index is 0.158. The van der Waals surface area contributed by atoms with Crippen molar-refractivity contribution in [3.8, 4) is 23.0 Å². The van der Waals surface area contributed by atoms with Crippen LogP contribution in [0.5, 0.6) is 23.0 Å². The predicted molar refractivity (Wildman–Crippen MR) is 130 cm³/mol. The quantitative estimate of drug-likeness (QED) is 0.563. The van der Waals surface area contributed by atoms with Crippen LogP contribution < -0.4 is 24.3 Å². The van der Waals surface area contributed by atoms with E-state index in [1.54, 1.807) is 34.8 Å². The van der Waals surface area contributed by atoms with Gasteiger partial charge in [-0.1, -0.05) is 24.3 Å². The summed E-state index contributed by atoms with van der Waals surface area (Å²) in [6.07, 6.45) is 6.64. The van der Waals surface area contributed by atoms with Gasteiger partial charge >= 0.3 is 0 Å². The van der Waals surface area contributed by atoms with E-state index in [2.05, 4.69) is 27.5 Å². The number of fused-ring (bicyclic) bond motifs is 1. The van der Waals surface area contributed by atoms with Crippen LogP contribution in [0.2, 0.25) is 0 Å². The molecular weight excluding hydrogens is 432 g/mol. The number of aromatic nitrogens is 3. The molecule has 0 amide bonds. The Morgan fingerprint density at radius 2 is 1.65 bits per heavy atom. The number of rotatable bonds is 6. The fraction of sp³-hybridized carbons (Fsp3) is 0.308. The fourth-order valence-corrected chi connectivity index (χ4v) is 4.95. The van der Waals surface area contributed by atoms with Crippen LogP contribution in [0.1, 0.15) is 36.4 Å². The van der Waals surface area contributed by atoms with Crippen molar-refractivity contribution in [2.75, 3.05) is 33.8 Å². The van der Waals surface area contributed by atoms with Crippen LogP contribution in [0.15, 0.2) is 59.6 Å². The maximum absolute atomic E-state index is 5.80. The highest BCUT2D eigenvalue weighted by atomic mass is 16.5. The molecule has 176 valence electrons. The van der Waals surface area contributed by atoms with E-state index >= 15 is 0 Å². The van der Waals surface area contributed by atoms with E-state index in [-0.39, 0.29) is 6.04 Å². The lowest BCUT2D eigenvalue weighted by atomic mass is 9.83. The van der Waals surface area contributed by atoms with Crippen LogP contribution in [-0.2, 0) is 0 Å². The van der Waals surface area contributed by atoms with Crippen LogP contribution in [0.4, 0.5) is 5.95 Å². The lowest BCUT2D eigenvalue weighted by Gasteiger charge is -2.35. The minimum Gasteiger partial charge on any atom is -0.493 e. The molecule has 8 nitrogen and oxygen atoms in total. The largest absolute Gasteiger partial charge is 0.493 e. The zero-order chi connectivity index (χ0) is 23.7. The van der Waals surface area contributed by atoms with Crippen LogP contribution in [0.25, 0.3) is 6.08 Å². The van der Waals surface area contributed by atoms with Gasteiger partial charge < -0.3 is 24.3 Å². The maximum Gasteiger partial charge on any atom is 0.226 e. The normalized spacial score (nSPS) is 18.1. The molecule has 2 heterocycles. The van der Waals surface area contributed by atoms with Gasteiger partial charge in [-0.15, -0.1) is 0 Å². The Kier molecular flexibility index (Phi) is 5.88. The predicted octanol–water partition coefficient (Wildman–Crippen LogP) is 4.85. The van der Waals surface area contributed by atoms with Crippen molar-refractivity contribution in [3.05, 3.63) is 70.7 Å². The monoisotopic (exact) mass is 460 g/mol. The smallest absolute Gasteiger partial charge is 0.226 e. The molecule has 1 aromatic heterocycles. The molecule has 3 aromatic rings. The second kappa shape index (κ2) is 9.13. The second-order valence-corrected chi connectivity index (χ2v) is 8.14. The molecule has 1 atom stereocenters. The molecular formula is C26H28N4O4. The van der Waals surface area contributed by atoms with Crippen LogP contribution in [0, 0.1) is 0 Å². The summed E-state index contributed by atoms with van der Waals surface area (Å²) < 4.78 is 24.5. The van der Waals surface area contributed by atoms with E-state index in [0.29, 0.717) is 23.2 Å². The average Bonchev–Trinajstić information content (AvgIpc) is 3.35. The molecule has 1 aliphatic heterocycles. The van der Waals surface area contributed by atoms with E-state index in [1.807, 2.05) is 35.0 Å². The highest BCUT2D eigenvalue weighted by Crippen LogP contribution is 2.47. The van der Waals surface area contributed by atoms with Crippen molar-refractivity contribution in [2.45, 2.75) is 25.3 Å². The third-order valence-electron chi connectivity index (χ3n) is 6.41. The summed E-state index contributed by atoms with van der Waals surface area (Å²) >= 11 is 0. The van der Waals surface area contributed by atoms with Gasteiger partial charge in [0.1, 0.15) is 12.4 Å². The molecule has 5 rings (SSSR count). The number of nitrogens with zero attached hydrogens (tertiary/aromatic N) is 3. The zero-order valence-electron chi connectivity index (χ0n) is 19.8. The van der Waals surface area contributed by atoms with E-state index in [9.17, 15) is 0 Å². The Morgan fingerprint density at radius 3 is 2.38 bits per heavy atom. The van der Waals surface area contributed by atoms with Gasteiger partial charge in [0.25, 0.3) is 0 Å². The first kappa shape index (κ1) is 21.9. The average molecular weight is 461 g/mol. The molecule has 0 saturated heterocycles. The Labute approximate surface area is 198 Å². The van der Waals surface area contributed by atoms with Gasteiger partial charge in [0, 0.05) is 16.8 Å². The van der Waals surface area contributed by atoms with Gasteiger partial charge in [-0.25, -0.2) is 4.68 Å². The van der Waals surface area contributed by atoms with Crippen molar-refractivity contribution >= 4 is 12.0 Å². The number of ether oxygens (including phenoxy) is 4. The van der Waals surface area contributed by atoms with E-state index in [0.717, 1.165) is 41.8 Å². The van der Waals surface area contributed by atoms with Gasteiger partial charge in [-0.05, 0) is 48.6 Å². The zero-order valence-corrected chi connectivity index (χ0v) is 19.8. The molecule has 0 unspecified atom stereocenters. The number of allylic oxidation sites excluding steroid dienone is 2. The standard InChI is InChI=1S/C26H28N4O4/c1-31-20-12-6-9-17(24(20)33-3)14-16-8-5-10-18-22(16)29-26-27-15-28-30(26)23(18)19-11-7-13-21(32-2)25(19)34-4/h6-7,9,11-15,23H,5,8,10H2,1-4H3,(H,27,28,29)/b16-14+/t23-/m1/s1. The van der Waals surface area contributed by atoms with Crippen molar-refractivity contribution in [1.82, 2.24) is 14.8 Å². The summed E-state index contributed by atoms with van der Waals surface area (Å²) in [4.78, 5) is 4.49. The van der Waals surface area contributed by atoms with Gasteiger partial charge in [-0.2, -0.15) is 10.1 Å². The number of para-hydroxylation sites is 2. The first-order valence-corrected chi connectivity index (χ1v) is 11.2. The SMILES string of the molecule is COc1cccc(/C=C2\CCCC3=C2Nc2ncnn2[C@H]3c2cccc(OC)c2OC)c1OC. The summed E-state index contributed by atoms with van der Waals surface area (Å²) in [7, 11) is 6.63. The number of hydrogen-bond acceptors (Lipinski definition) is 7. The topological polar surface area (TPSA) is 79.7 Å². The van der Waals surface area contributed by atoms with Crippen LogP contribution in [0.3, 0.4) is 0 Å². The van der Waals surface area contributed by atoms with Gasteiger partial charge in [-0.3, -0.25) is 0 Å². The summed E-state index contributed by atoms with van der Waals surface area (Å²) in [5.41, 5.74) is 5.46. The fourth-order valence-electron chi connectivity index (χ4n) is 4.95. The van der Waals surface area contributed by atoms with Crippen molar-refractivity contribution in [2.24, 2.45) is 0 Å². The molecule has 2 aliphatic rings. The molecule has 8 heteroatoms. The molecule has 1 N–H and O–H groups in total. The maximum atomic E-state index is 5.80. The van der Waals surface area contributed by atoms with E-state index in [1.165, 1.54) is 11.1 Å². The highest BCUT2D eigenvalue weighted by Gasteiger charge is 2.35. The molecule has 0 saturated carbocycles. The van der Waals surface area contributed by atoms with E-state index < -0.39 is 0 Å². The first-order valence-electron chi connectivity index (χ1n) is 11.2. The molecule has 0 spiro atoms. The summed E-state index contributed by atoms with van der Waals surface area (Å²) in [5, 5.41) is 8.09. The van der Waals surface area contributed by atoms with Crippen LogP contribution in [-0.4, -0.2) is 43.2 Å². The van der Waals surface area contributed by atoms with Gasteiger partial charge in [0.05, 0.1) is 28.4 Å². The third-order valence-corrected chi connectivity index (χ3v) is 6.41. The molecule has 34 heavy (non-hydrogen) atoms. The molecule has 0 radical (unpaired) electrons. The lowest BCUT2D eigenvalue weighted by molar-refractivity contribution is 0.347. The van der Waals surface area contributed by atoms with Gasteiger partial charge in [0.2, 0.25) is 5.95 Å². The molecule has 0 fully saturated rings. The van der Waals surface area contributed by atoms with Crippen molar-refractivity contribution in [3.63, 3.8) is 0 Å². The Morgan fingerprint density at radius 1 is 0.912 bits per heavy atom. The minimum atomic E-state index is -0.158. The van der Waals surface area contributed by atoms with Crippen molar-refractivity contribution in [1.29, 1.82) is 0 Å². The highest BCUT2D eigenvalue weighted by molar-refractivity contribution is 5.70. The summed E-state index contributed by atoms with van der Waals surface area (Å²) in [6, 6.07) is 11.7. The molecule has 1 aliphatic carbocycles. The van der Waals surface area contributed by atoms with Gasteiger partial charge in [0.15, 0.2) is 23.0 Å². The lowest BCUT2D eigenvalue weighted by Crippen LogP contribution is -2.28. The summed E-state index contributed by atoms with van der Waals surface area (Å²) in [6.45, 7) is 0. The Bertz CT molecular complexity index is 1280. The molecule has 2 aromatic carbocycles. The summed E-state index contributed by atoms with van der Waals surface area (Å²) in [5.74, 6) is 3.51. The Balaban J connectivity index is 1.68. The number of methoxy groups -OCH3 is 4. The van der Waals surface area contributed by atoms with E-state index in [4.69, 9.17) is 18.9 Å². The second-order valence-electron chi connectivity index (χ2n) is 8.14. The third kappa shape index (κ3) is 3.55. The van der Waals surface area contributed by atoms with Crippen molar-refractivity contribution < 1.29 is 18.9 Å². The first-order chi connectivity index (χ1) is 16.7. The number of benzene rings is 2. The Hall–Kier alpha value is -3.94. The number of anilines is 1. The number of hydrogen-bond donors (Lipinski definition) is 1.